The molecule has 2 rings (SSSR count). The van der Waals surface area contributed by atoms with Gasteiger partial charge in [0.2, 0.25) is 0 Å². The molecule has 2 aromatic rings. The summed E-state index contributed by atoms with van der Waals surface area (Å²) in [6.07, 6.45) is -0.206. The van der Waals surface area contributed by atoms with E-state index in [0.29, 0.717) is 5.00 Å². The Morgan fingerprint density at radius 3 is 2.41 bits per heavy atom. The van der Waals surface area contributed by atoms with Crippen molar-refractivity contribution in [2.45, 2.75) is 39.2 Å². The number of amides is 2. The van der Waals surface area contributed by atoms with Gasteiger partial charge in [-0.05, 0) is 29.9 Å². The molecule has 3 N–H and O–H groups in total. The third kappa shape index (κ3) is 5.17. The van der Waals surface area contributed by atoms with E-state index in [1.807, 2.05) is 44.2 Å². The van der Waals surface area contributed by atoms with Gasteiger partial charge < -0.3 is 15.8 Å². The highest BCUT2D eigenvalue weighted by molar-refractivity contribution is 7.14. The van der Waals surface area contributed by atoms with Crippen molar-refractivity contribution in [2.24, 2.45) is 11.7 Å². The molecule has 0 aliphatic carbocycles. The van der Waals surface area contributed by atoms with Gasteiger partial charge in [0.05, 0.1) is 11.5 Å². The van der Waals surface area contributed by atoms with Gasteiger partial charge in [0.15, 0.2) is 6.10 Å². The number of ether oxygens (including phenoxy) is 1. The average Bonchev–Trinajstić information content (AvgIpc) is 3.10. The second-order valence-electron chi connectivity index (χ2n) is 6.37. The monoisotopic (exact) mass is 388 g/mol. The molecule has 0 saturated carbocycles. The van der Waals surface area contributed by atoms with Crippen LogP contribution in [0.2, 0.25) is 0 Å². The van der Waals surface area contributed by atoms with Crippen molar-refractivity contribution in [1.29, 1.82) is 0 Å². The Bertz CT molecular complexity index is 803. The summed E-state index contributed by atoms with van der Waals surface area (Å²) in [5, 5.41) is 4.60. The van der Waals surface area contributed by atoms with Crippen molar-refractivity contribution >= 4 is 34.1 Å². The SMILES string of the molecule is CC[C@H](C)[C@H](C(=O)O[C@@H](C)C(=O)Nc1sccc1C(N)=O)c1ccccc1. The van der Waals surface area contributed by atoms with Crippen molar-refractivity contribution < 1.29 is 19.1 Å². The maximum absolute atomic E-state index is 12.8. The molecule has 1 aromatic heterocycles. The number of hydrogen-bond donors (Lipinski definition) is 2. The average molecular weight is 388 g/mol. The van der Waals surface area contributed by atoms with Gasteiger partial charge in [-0.1, -0.05) is 50.6 Å². The van der Waals surface area contributed by atoms with Crippen LogP contribution in [0.25, 0.3) is 0 Å². The van der Waals surface area contributed by atoms with Crippen molar-refractivity contribution in [3.63, 3.8) is 0 Å². The van der Waals surface area contributed by atoms with E-state index in [0.717, 1.165) is 12.0 Å². The summed E-state index contributed by atoms with van der Waals surface area (Å²) in [4.78, 5) is 36.5. The number of hydrogen-bond acceptors (Lipinski definition) is 5. The molecule has 1 heterocycles. The van der Waals surface area contributed by atoms with E-state index in [-0.39, 0.29) is 11.5 Å². The maximum Gasteiger partial charge on any atom is 0.314 e. The molecule has 0 aliphatic heterocycles. The number of anilines is 1. The topological polar surface area (TPSA) is 98.5 Å². The van der Waals surface area contributed by atoms with Crippen LogP contribution in [0, 0.1) is 5.92 Å². The Morgan fingerprint density at radius 2 is 1.81 bits per heavy atom. The fourth-order valence-electron chi connectivity index (χ4n) is 2.71. The van der Waals surface area contributed by atoms with Gasteiger partial charge in [-0.15, -0.1) is 11.3 Å². The first-order valence-electron chi connectivity index (χ1n) is 8.78. The van der Waals surface area contributed by atoms with Crippen molar-refractivity contribution in [3.8, 4) is 0 Å². The second-order valence-corrected chi connectivity index (χ2v) is 7.29. The van der Waals surface area contributed by atoms with Crippen molar-refractivity contribution in [2.75, 3.05) is 5.32 Å². The van der Waals surface area contributed by atoms with Crippen LogP contribution >= 0.6 is 11.3 Å². The summed E-state index contributed by atoms with van der Waals surface area (Å²) in [7, 11) is 0. The van der Waals surface area contributed by atoms with E-state index in [1.54, 1.807) is 5.38 Å². The van der Waals surface area contributed by atoms with E-state index < -0.39 is 29.8 Å². The highest BCUT2D eigenvalue weighted by Gasteiger charge is 2.30. The Balaban J connectivity index is 2.09. The summed E-state index contributed by atoms with van der Waals surface area (Å²) < 4.78 is 5.44. The summed E-state index contributed by atoms with van der Waals surface area (Å²) in [6.45, 7) is 5.49. The van der Waals surface area contributed by atoms with Gasteiger partial charge in [-0.3, -0.25) is 14.4 Å². The lowest BCUT2D eigenvalue weighted by atomic mass is 9.85. The Morgan fingerprint density at radius 1 is 1.15 bits per heavy atom. The normalized spacial score (nSPS) is 14.0. The minimum absolute atomic E-state index is 0.0638. The molecule has 144 valence electrons. The third-order valence-corrected chi connectivity index (χ3v) is 5.29. The van der Waals surface area contributed by atoms with E-state index in [1.165, 1.54) is 24.3 Å². The number of rotatable bonds is 8. The molecule has 6 nitrogen and oxygen atoms in total. The van der Waals surface area contributed by atoms with Crippen LogP contribution in [0.4, 0.5) is 5.00 Å². The fourth-order valence-corrected chi connectivity index (χ4v) is 3.50. The Labute approximate surface area is 162 Å². The number of thiophene rings is 1. The van der Waals surface area contributed by atoms with Crippen molar-refractivity contribution in [3.05, 3.63) is 52.9 Å². The van der Waals surface area contributed by atoms with E-state index in [9.17, 15) is 14.4 Å². The molecule has 3 atom stereocenters. The van der Waals surface area contributed by atoms with Crippen LogP contribution in [0.1, 0.15) is 49.0 Å². The van der Waals surface area contributed by atoms with Gasteiger partial charge in [0, 0.05) is 0 Å². The molecule has 0 radical (unpaired) electrons. The molecular formula is C20H24N2O4S. The van der Waals surface area contributed by atoms with Crippen LogP contribution in [-0.2, 0) is 14.3 Å². The van der Waals surface area contributed by atoms with Crippen LogP contribution < -0.4 is 11.1 Å². The number of carbonyl (C=O) groups excluding carboxylic acids is 3. The summed E-state index contributed by atoms with van der Waals surface area (Å²) in [5.74, 6) is -1.97. The lowest BCUT2D eigenvalue weighted by molar-refractivity contribution is -0.155. The summed E-state index contributed by atoms with van der Waals surface area (Å²) >= 11 is 1.18. The molecule has 0 spiro atoms. The third-order valence-electron chi connectivity index (χ3n) is 4.46. The van der Waals surface area contributed by atoms with E-state index in [4.69, 9.17) is 10.5 Å². The van der Waals surface area contributed by atoms with Gasteiger partial charge in [0.1, 0.15) is 5.00 Å². The van der Waals surface area contributed by atoms with Crippen LogP contribution in [0.3, 0.4) is 0 Å². The minimum Gasteiger partial charge on any atom is -0.452 e. The van der Waals surface area contributed by atoms with Crippen LogP contribution in [0.5, 0.6) is 0 Å². The molecule has 2 amide bonds. The standard InChI is InChI=1S/C20H24N2O4S/c1-4-12(2)16(14-8-6-5-7-9-14)20(25)26-13(3)18(24)22-19-15(17(21)23)10-11-27-19/h5-13,16H,4H2,1-3H3,(H2,21,23)(H,22,24)/t12-,13-,16-/m0/s1. The van der Waals surface area contributed by atoms with Crippen molar-refractivity contribution in [1.82, 2.24) is 0 Å². The number of esters is 1. The van der Waals surface area contributed by atoms with E-state index >= 15 is 0 Å². The first-order chi connectivity index (χ1) is 12.8. The lowest BCUT2D eigenvalue weighted by Crippen LogP contribution is -2.33. The number of nitrogens with two attached hydrogens (primary N) is 1. The van der Waals surface area contributed by atoms with Crippen LogP contribution in [-0.4, -0.2) is 23.9 Å². The van der Waals surface area contributed by atoms with Gasteiger partial charge >= 0.3 is 5.97 Å². The van der Waals surface area contributed by atoms with Crippen LogP contribution in [0.15, 0.2) is 41.8 Å². The number of benzene rings is 1. The second kappa shape index (κ2) is 9.32. The maximum atomic E-state index is 12.8. The molecule has 27 heavy (non-hydrogen) atoms. The highest BCUT2D eigenvalue weighted by atomic mass is 32.1. The molecule has 7 heteroatoms. The minimum atomic E-state index is -1.00. The zero-order chi connectivity index (χ0) is 20.0. The molecular weight excluding hydrogens is 364 g/mol. The molecule has 1 aromatic carbocycles. The zero-order valence-electron chi connectivity index (χ0n) is 15.6. The van der Waals surface area contributed by atoms with Gasteiger partial charge in [0.25, 0.3) is 11.8 Å². The predicted molar refractivity (Wildman–Crippen MR) is 106 cm³/mol. The van der Waals surface area contributed by atoms with Gasteiger partial charge in [-0.2, -0.15) is 0 Å². The first-order valence-corrected chi connectivity index (χ1v) is 9.66. The molecule has 0 unspecified atom stereocenters. The van der Waals surface area contributed by atoms with E-state index in [2.05, 4.69) is 5.32 Å². The van der Waals surface area contributed by atoms with Gasteiger partial charge in [-0.25, -0.2) is 0 Å². The number of primary amides is 1. The summed E-state index contributed by atoms with van der Waals surface area (Å²) in [5.41, 5.74) is 6.37. The number of carbonyl (C=O) groups is 3. The lowest BCUT2D eigenvalue weighted by Gasteiger charge is -2.23. The zero-order valence-corrected chi connectivity index (χ0v) is 16.4. The summed E-state index contributed by atoms with van der Waals surface area (Å²) in [6, 6.07) is 10.9. The number of nitrogens with one attached hydrogen (secondary N) is 1. The first kappa shape index (κ1) is 20.6. The predicted octanol–water partition coefficient (Wildman–Crippen LogP) is 3.55. The molecule has 0 fully saturated rings. The fraction of sp³-hybridized carbons (Fsp3) is 0.350. The molecule has 0 saturated heterocycles. The molecule has 0 aliphatic rings. The Kier molecular flexibility index (Phi) is 7.12. The highest BCUT2D eigenvalue weighted by Crippen LogP contribution is 2.29. The smallest absolute Gasteiger partial charge is 0.314 e. The largest absolute Gasteiger partial charge is 0.452 e. The molecule has 0 bridgehead atoms. The Hall–Kier alpha value is -2.67. The quantitative estimate of drug-likeness (QED) is 0.676.